The van der Waals surface area contributed by atoms with E-state index in [0.29, 0.717) is 29.4 Å². The maximum Gasteiger partial charge on any atom is 0.356 e. The summed E-state index contributed by atoms with van der Waals surface area (Å²) in [6.07, 6.45) is 1.69. The third kappa shape index (κ3) is 5.03. The zero-order valence-electron chi connectivity index (χ0n) is 17.9. The van der Waals surface area contributed by atoms with Gasteiger partial charge in [-0.2, -0.15) is 10.2 Å². The van der Waals surface area contributed by atoms with Crippen molar-refractivity contribution in [2.24, 2.45) is 0 Å². The van der Waals surface area contributed by atoms with E-state index in [4.69, 9.17) is 14.6 Å². The molecule has 0 bridgehead atoms. The van der Waals surface area contributed by atoms with Gasteiger partial charge in [-0.05, 0) is 37.6 Å². The van der Waals surface area contributed by atoms with Crippen molar-refractivity contribution >= 4 is 17.6 Å². The highest BCUT2D eigenvalue weighted by molar-refractivity contribution is 5.91. The summed E-state index contributed by atoms with van der Waals surface area (Å²) in [5.74, 6) is -0.0134. The van der Waals surface area contributed by atoms with Gasteiger partial charge in [-0.1, -0.05) is 6.07 Å². The summed E-state index contributed by atoms with van der Waals surface area (Å²) in [5.41, 5.74) is 3.13. The lowest BCUT2D eigenvalue weighted by Crippen LogP contribution is -2.16. The van der Waals surface area contributed by atoms with E-state index in [1.807, 2.05) is 36.7 Å². The van der Waals surface area contributed by atoms with Crippen molar-refractivity contribution in [3.05, 3.63) is 53.1 Å². The van der Waals surface area contributed by atoms with Gasteiger partial charge in [-0.15, -0.1) is 0 Å². The number of carboxylic acid groups (broad SMARTS) is 1. The Kier molecular flexibility index (Phi) is 6.58. The number of anilines is 1. The lowest BCUT2D eigenvalue weighted by molar-refractivity contribution is -0.116. The minimum atomic E-state index is -1.10. The number of hydrogen-bond donors (Lipinski definition) is 2. The molecule has 2 N–H and O–H groups in total. The molecule has 0 saturated carbocycles. The predicted molar refractivity (Wildman–Crippen MR) is 113 cm³/mol. The third-order valence-electron chi connectivity index (χ3n) is 4.85. The Balaban J connectivity index is 1.66. The molecule has 2 heterocycles. The molecule has 2 aromatic heterocycles. The maximum atomic E-state index is 12.4. The number of aryl methyl sites for hydroxylation is 2. The number of benzene rings is 1. The fraction of sp³-hybridized carbons (Fsp3) is 0.333. The van der Waals surface area contributed by atoms with Gasteiger partial charge in [0, 0.05) is 19.2 Å². The largest absolute Gasteiger partial charge is 0.493 e. The number of amides is 1. The van der Waals surface area contributed by atoms with Crippen LogP contribution in [0.2, 0.25) is 0 Å². The van der Waals surface area contributed by atoms with E-state index in [0.717, 1.165) is 11.3 Å². The summed E-state index contributed by atoms with van der Waals surface area (Å²) in [4.78, 5) is 23.3. The fourth-order valence-corrected chi connectivity index (χ4v) is 3.20. The second-order valence-corrected chi connectivity index (χ2v) is 6.96. The maximum absolute atomic E-state index is 12.4. The first-order valence-electron chi connectivity index (χ1n) is 9.64. The number of aromatic carboxylic acids is 1. The molecule has 0 aliphatic carbocycles. The van der Waals surface area contributed by atoms with E-state index in [-0.39, 0.29) is 24.6 Å². The van der Waals surface area contributed by atoms with E-state index in [1.165, 1.54) is 16.9 Å². The van der Waals surface area contributed by atoms with E-state index in [9.17, 15) is 9.59 Å². The SMILES string of the molecule is COc1ccc(Cn2nc(C)c(NC(=O)CCn3ccc(C(=O)O)n3)c2C)cc1OC. The van der Waals surface area contributed by atoms with Crippen LogP contribution in [0.25, 0.3) is 0 Å². The molecule has 164 valence electrons. The normalized spacial score (nSPS) is 10.7. The lowest BCUT2D eigenvalue weighted by Gasteiger charge is -2.11. The Hall–Kier alpha value is -3.82. The number of rotatable bonds is 9. The monoisotopic (exact) mass is 427 g/mol. The number of carboxylic acids is 1. The van der Waals surface area contributed by atoms with Crippen LogP contribution in [0.3, 0.4) is 0 Å². The highest BCUT2D eigenvalue weighted by Gasteiger charge is 2.16. The van der Waals surface area contributed by atoms with Crippen molar-refractivity contribution in [3.8, 4) is 11.5 Å². The van der Waals surface area contributed by atoms with Crippen molar-refractivity contribution in [2.75, 3.05) is 19.5 Å². The molecule has 0 aliphatic heterocycles. The van der Waals surface area contributed by atoms with Gasteiger partial charge in [0.15, 0.2) is 17.2 Å². The Bertz CT molecular complexity index is 1100. The van der Waals surface area contributed by atoms with E-state index in [1.54, 1.807) is 14.2 Å². The number of carbonyl (C=O) groups excluding carboxylic acids is 1. The second-order valence-electron chi connectivity index (χ2n) is 6.96. The standard InChI is InChI=1S/C21H25N5O5/c1-13-20(22-19(27)8-10-25-9-7-16(24-25)21(28)29)14(2)26(23-13)12-15-5-6-17(30-3)18(11-15)31-4/h5-7,9,11H,8,10,12H2,1-4H3,(H,22,27)(H,28,29). The zero-order valence-corrected chi connectivity index (χ0v) is 17.9. The van der Waals surface area contributed by atoms with Crippen LogP contribution < -0.4 is 14.8 Å². The van der Waals surface area contributed by atoms with Crippen molar-refractivity contribution < 1.29 is 24.2 Å². The topological polar surface area (TPSA) is 121 Å². The molecule has 31 heavy (non-hydrogen) atoms. The van der Waals surface area contributed by atoms with Crippen LogP contribution in [-0.4, -0.2) is 50.8 Å². The highest BCUT2D eigenvalue weighted by atomic mass is 16.5. The van der Waals surface area contributed by atoms with Crippen molar-refractivity contribution in [1.82, 2.24) is 19.6 Å². The zero-order chi connectivity index (χ0) is 22.5. The van der Waals surface area contributed by atoms with E-state index >= 15 is 0 Å². The molecule has 1 aromatic carbocycles. The molecular weight excluding hydrogens is 402 g/mol. The summed E-state index contributed by atoms with van der Waals surface area (Å²) in [5, 5.41) is 20.3. The molecular formula is C21H25N5O5. The van der Waals surface area contributed by atoms with Gasteiger partial charge in [-0.3, -0.25) is 14.2 Å². The molecule has 10 nitrogen and oxygen atoms in total. The van der Waals surface area contributed by atoms with E-state index < -0.39 is 5.97 Å². The first kappa shape index (κ1) is 21.9. The number of nitrogens with zero attached hydrogens (tertiary/aromatic N) is 4. The Morgan fingerprint density at radius 2 is 1.84 bits per heavy atom. The van der Waals surface area contributed by atoms with Gasteiger partial charge in [-0.25, -0.2) is 4.79 Å². The number of ether oxygens (including phenoxy) is 2. The summed E-state index contributed by atoms with van der Waals surface area (Å²) in [6.45, 7) is 4.51. The Morgan fingerprint density at radius 1 is 1.10 bits per heavy atom. The summed E-state index contributed by atoms with van der Waals surface area (Å²) >= 11 is 0. The van der Waals surface area contributed by atoms with Crippen molar-refractivity contribution in [1.29, 1.82) is 0 Å². The molecule has 0 aliphatic rings. The number of nitrogens with one attached hydrogen (secondary N) is 1. The van der Waals surface area contributed by atoms with Gasteiger partial charge in [0.2, 0.25) is 5.91 Å². The Labute approximate surface area is 179 Å². The van der Waals surface area contributed by atoms with Gasteiger partial charge in [0.1, 0.15) is 0 Å². The van der Waals surface area contributed by atoms with Gasteiger partial charge in [0.05, 0.1) is 37.8 Å². The fourth-order valence-electron chi connectivity index (χ4n) is 3.20. The molecule has 0 spiro atoms. The van der Waals surface area contributed by atoms with Crippen LogP contribution in [0.1, 0.15) is 33.9 Å². The van der Waals surface area contributed by atoms with Crippen LogP contribution in [0.15, 0.2) is 30.5 Å². The molecule has 0 atom stereocenters. The highest BCUT2D eigenvalue weighted by Crippen LogP contribution is 2.28. The second kappa shape index (κ2) is 9.33. The minimum Gasteiger partial charge on any atom is -0.493 e. The Morgan fingerprint density at radius 3 is 2.48 bits per heavy atom. The average molecular weight is 427 g/mol. The van der Waals surface area contributed by atoms with Crippen LogP contribution in [0, 0.1) is 13.8 Å². The molecule has 0 saturated heterocycles. The number of carbonyl (C=O) groups is 2. The molecule has 0 radical (unpaired) electrons. The summed E-state index contributed by atoms with van der Waals surface area (Å²) < 4.78 is 13.9. The first-order valence-corrected chi connectivity index (χ1v) is 9.64. The third-order valence-corrected chi connectivity index (χ3v) is 4.85. The quantitative estimate of drug-likeness (QED) is 0.538. The number of hydrogen-bond acceptors (Lipinski definition) is 6. The molecule has 0 unspecified atom stereocenters. The van der Waals surface area contributed by atoms with Gasteiger partial charge < -0.3 is 19.9 Å². The van der Waals surface area contributed by atoms with Crippen LogP contribution in [0.4, 0.5) is 5.69 Å². The lowest BCUT2D eigenvalue weighted by atomic mass is 10.2. The predicted octanol–water partition coefficient (Wildman–Crippen LogP) is 2.49. The molecule has 0 fully saturated rings. The molecule has 10 heteroatoms. The van der Waals surface area contributed by atoms with Crippen molar-refractivity contribution in [3.63, 3.8) is 0 Å². The van der Waals surface area contributed by atoms with Crippen LogP contribution in [-0.2, 0) is 17.9 Å². The molecule has 3 rings (SSSR count). The number of methoxy groups -OCH3 is 2. The molecule has 3 aromatic rings. The van der Waals surface area contributed by atoms with Crippen LogP contribution >= 0.6 is 0 Å². The summed E-state index contributed by atoms with van der Waals surface area (Å²) in [6, 6.07) is 7.06. The van der Waals surface area contributed by atoms with Gasteiger partial charge >= 0.3 is 5.97 Å². The van der Waals surface area contributed by atoms with E-state index in [2.05, 4.69) is 15.5 Å². The average Bonchev–Trinajstić information content (AvgIpc) is 3.33. The smallest absolute Gasteiger partial charge is 0.356 e. The van der Waals surface area contributed by atoms with Crippen LogP contribution in [0.5, 0.6) is 11.5 Å². The van der Waals surface area contributed by atoms with Gasteiger partial charge in [0.25, 0.3) is 0 Å². The summed E-state index contributed by atoms with van der Waals surface area (Å²) in [7, 11) is 3.18. The minimum absolute atomic E-state index is 0.0523. The van der Waals surface area contributed by atoms with Crippen molar-refractivity contribution in [2.45, 2.75) is 33.4 Å². The molecule has 1 amide bonds. The first-order chi connectivity index (χ1) is 14.8. The number of aromatic nitrogens is 4.